The van der Waals surface area contributed by atoms with Gasteiger partial charge in [0.25, 0.3) is 5.91 Å². The Balaban J connectivity index is 1.75. The van der Waals surface area contributed by atoms with Crippen LogP contribution in [0.15, 0.2) is 22.8 Å². The molecule has 3 rings (SSSR count). The Morgan fingerprint density at radius 3 is 3.00 bits per heavy atom. The van der Waals surface area contributed by atoms with Crippen LogP contribution in [-0.2, 0) is 11.8 Å². The van der Waals surface area contributed by atoms with Crippen LogP contribution in [0.25, 0.3) is 0 Å². The second-order valence-corrected chi connectivity index (χ2v) is 6.63. The number of nitrogens with zero attached hydrogens (tertiary/aromatic N) is 1. The van der Waals surface area contributed by atoms with Crippen molar-refractivity contribution in [3.8, 4) is 0 Å². The van der Waals surface area contributed by atoms with Crippen LogP contribution in [0.2, 0.25) is 0 Å². The van der Waals surface area contributed by atoms with Crippen molar-refractivity contribution in [3.05, 3.63) is 41.1 Å². The number of carbonyl (C=O) groups is 1. The van der Waals surface area contributed by atoms with Gasteiger partial charge >= 0.3 is 0 Å². The molecule has 0 spiro atoms. The smallest absolute Gasteiger partial charge is 0.272 e. The van der Waals surface area contributed by atoms with E-state index in [0.29, 0.717) is 5.69 Å². The van der Waals surface area contributed by atoms with E-state index in [-0.39, 0.29) is 17.4 Å². The van der Waals surface area contributed by atoms with E-state index in [2.05, 4.69) is 36.3 Å². The van der Waals surface area contributed by atoms with Crippen molar-refractivity contribution in [2.45, 2.75) is 51.5 Å². The number of hydrogen-bond acceptors (Lipinski definition) is 3. The minimum Gasteiger partial charge on any atom is -0.469 e. The predicted molar refractivity (Wildman–Crippen MR) is 79.1 cm³/mol. The van der Waals surface area contributed by atoms with Gasteiger partial charge in [0.15, 0.2) is 0 Å². The molecule has 5 heteroatoms. The van der Waals surface area contributed by atoms with E-state index in [9.17, 15) is 4.79 Å². The summed E-state index contributed by atoms with van der Waals surface area (Å²) in [5, 5.41) is 10.1. The van der Waals surface area contributed by atoms with Crippen molar-refractivity contribution < 1.29 is 9.21 Å². The summed E-state index contributed by atoms with van der Waals surface area (Å²) < 4.78 is 5.45. The normalized spacial score (nSPS) is 18.3. The third kappa shape index (κ3) is 2.73. The van der Waals surface area contributed by atoms with Gasteiger partial charge < -0.3 is 9.73 Å². The highest BCUT2D eigenvalue weighted by Crippen LogP contribution is 2.30. The maximum Gasteiger partial charge on any atom is 0.272 e. The molecule has 2 aromatic heterocycles. The molecule has 2 N–H and O–H groups in total. The van der Waals surface area contributed by atoms with Crippen LogP contribution in [-0.4, -0.2) is 16.1 Å². The summed E-state index contributed by atoms with van der Waals surface area (Å²) in [4.78, 5) is 12.4. The van der Waals surface area contributed by atoms with Gasteiger partial charge in [-0.25, -0.2) is 0 Å². The number of H-pyrrole nitrogens is 1. The summed E-state index contributed by atoms with van der Waals surface area (Å²) >= 11 is 0. The van der Waals surface area contributed by atoms with Crippen molar-refractivity contribution in [3.63, 3.8) is 0 Å². The molecule has 0 aromatic carbocycles. The fourth-order valence-electron chi connectivity index (χ4n) is 2.69. The first kappa shape index (κ1) is 13.9. The highest BCUT2D eigenvalue weighted by atomic mass is 16.3. The van der Waals surface area contributed by atoms with Crippen LogP contribution in [0.5, 0.6) is 0 Å². The number of nitrogens with one attached hydrogen (secondary N) is 2. The van der Waals surface area contributed by atoms with Crippen LogP contribution in [0.3, 0.4) is 0 Å². The molecule has 1 atom stereocenters. The Morgan fingerprint density at radius 1 is 1.48 bits per heavy atom. The minimum absolute atomic E-state index is 0.0230. The average molecular weight is 287 g/mol. The van der Waals surface area contributed by atoms with Gasteiger partial charge in [0, 0.05) is 23.1 Å². The van der Waals surface area contributed by atoms with Crippen LogP contribution in [0.1, 0.15) is 67.2 Å². The van der Waals surface area contributed by atoms with Gasteiger partial charge in [0.1, 0.15) is 11.5 Å². The summed E-state index contributed by atoms with van der Waals surface area (Å²) in [7, 11) is 0. The number of rotatable bonds is 2. The first-order valence-corrected chi connectivity index (χ1v) is 7.38. The van der Waals surface area contributed by atoms with E-state index >= 15 is 0 Å². The Labute approximate surface area is 124 Å². The topological polar surface area (TPSA) is 70.9 Å². The number of carbonyl (C=O) groups excluding carboxylic acids is 1. The van der Waals surface area contributed by atoms with Gasteiger partial charge in [-0.15, -0.1) is 0 Å². The van der Waals surface area contributed by atoms with Crippen LogP contribution in [0, 0.1) is 0 Å². The Kier molecular flexibility index (Phi) is 3.35. The number of aromatic amines is 1. The van der Waals surface area contributed by atoms with E-state index in [0.717, 1.165) is 36.3 Å². The molecule has 0 aliphatic heterocycles. The second kappa shape index (κ2) is 5.06. The molecule has 112 valence electrons. The van der Waals surface area contributed by atoms with Crippen molar-refractivity contribution in [1.29, 1.82) is 0 Å². The zero-order valence-electron chi connectivity index (χ0n) is 12.7. The Bertz CT molecular complexity index is 649. The Hall–Kier alpha value is -2.04. The van der Waals surface area contributed by atoms with Crippen LogP contribution >= 0.6 is 0 Å². The van der Waals surface area contributed by atoms with E-state index in [1.165, 1.54) is 0 Å². The van der Waals surface area contributed by atoms with Gasteiger partial charge in [-0.3, -0.25) is 9.89 Å². The number of furan rings is 1. The largest absolute Gasteiger partial charge is 0.469 e. The lowest BCUT2D eigenvalue weighted by molar-refractivity contribution is 0.0927. The van der Waals surface area contributed by atoms with E-state index in [1.54, 1.807) is 6.26 Å². The molecule has 0 bridgehead atoms. The summed E-state index contributed by atoms with van der Waals surface area (Å²) in [6.45, 7) is 6.25. The van der Waals surface area contributed by atoms with E-state index in [4.69, 9.17) is 4.42 Å². The lowest BCUT2D eigenvalue weighted by Gasteiger charge is -2.22. The number of fused-ring (bicyclic) bond motifs is 1. The van der Waals surface area contributed by atoms with Crippen LogP contribution < -0.4 is 5.32 Å². The summed E-state index contributed by atoms with van der Waals surface area (Å²) in [5.41, 5.74) is 2.45. The van der Waals surface area contributed by atoms with Gasteiger partial charge in [-0.1, -0.05) is 20.8 Å². The van der Waals surface area contributed by atoms with Gasteiger partial charge in [0.2, 0.25) is 0 Å². The molecule has 0 saturated heterocycles. The van der Waals surface area contributed by atoms with Crippen molar-refractivity contribution in [2.24, 2.45) is 0 Å². The summed E-state index contributed by atoms with van der Waals surface area (Å²) in [6, 6.07) is 3.80. The molecule has 0 saturated carbocycles. The molecular weight excluding hydrogens is 266 g/mol. The molecule has 2 aromatic rings. The maximum atomic E-state index is 12.4. The second-order valence-electron chi connectivity index (χ2n) is 6.63. The maximum absolute atomic E-state index is 12.4. The SMILES string of the molecule is CC(C)(C)c1cc(C(=O)NC2CCCc3occc32)n[nH]1. The molecular formula is C16H21N3O2. The van der Waals surface area contributed by atoms with Crippen molar-refractivity contribution in [1.82, 2.24) is 15.5 Å². The van der Waals surface area contributed by atoms with E-state index in [1.807, 2.05) is 12.1 Å². The monoisotopic (exact) mass is 287 g/mol. The highest BCUT2D eigenvalue weighted by Gasteiger charge is 2.26. The van der Waals surface area contributed by atoms with Gasteiger partial charge in [0.05, 0.1) is 12.3 Å². The quantitative estimate of drug-likeness (QED) is 0.891. The first-order chi connectivity index (χ1) is 9.95. The molecule has 1 aliphatic rings. The molecule has 2 heterocycles. The molecule has 1 aliphatic carbocycles. The minimum atomic E-state index is -0.138. The molecule has 5 nitrogen and oxygen atoms in total. The van der Waals surface area contributed by atoms with Gasteiger partial charge in [-0.2, -0.15) is 5.10 Å². The molecule has 21 heavy (non-hydrogen) atoms. The number of aromatic nitrogens is 2. The lowest BCUT2D eigenvalue weighted by atomic mass is 9.92. The third-order valence-corrected chi connectivity index (χ3v) is 3.98. The average Bonchev–Trinajstić information content (AvgIpc) is 3.07. The number of aryl methyl sites for hydroxylation is 1. The number of amides is 1. The summed E-state index contributed by atoms with van der Waals surface area (Å²) in [5.74, 6) is 0.852. The Morgan fingerprint density at radius 2 is 2.29 bits per heavy atom. The number of hydrogen-bond donors (Lipinski definition) is 2. The third-order valence-electron chi connectivity index (χ3n) is 3.98. The summed E-state index contributed by atoms with van der Waals surface area (Å²) in [6.07, 6.45) is 4.61. The zero-order chi connectivity index (χ0) is 15.0. The fourth-order valence-corrected chi connectivity index (χ4v) is 2.69. The predicted octanol–water partition coefficient (Wildman–Crippen LogP) is 3.11. The highest BCUT2D eigenvalue weighted by molar-refractivity contribution is 5.92. The van der Waals surface area contributed by atoms with Gasteiger partial charge in [-0.05, 0) is 25.0 Å². The zero-order valence-corrected chi connectivity index (χ0v) is 12.7. The van der Waals surface area contributed by atoms with Crippen molar-refractivity contribution >= 4 is 5.91 Å². The molecule has 1 unspecified atom stereocenters. The molecule has 0 radical (unpaired) electrons. The van der Waals surface area contributed by atoms with Crippen LogP contribution in [0.4, 0.5) is 0 Å². The fraction of sp³-hybridized carbons (Fsp3) is 0.500. The first-order valence-electron chi connectivity index (χ1n) is 7.38. The molecule has 0 fully saturated rings. The lowest BCUT2D eigenvalue weighted by Crippen LogP contribution is -2.30. The van der Waals surface area contributed by atoms with Crippen molar-refractivity contribution in [2.75, 3.05) is 0 Å². The van der Waals surface area contributed by atoms with E-state index < -0.39 is 0 Å². The molecule has 1 amide bonds. The standard InChI is InChI=1S/C16H21N3O2/c1-16(2,3)14-9-12(18-19-14)15(20)17-11-5-4-6-13-10(11)7-8-21-13/h7-9,11H,4-6H2,1-3H3,(H,17,20)(H,18,19).